The van der Waals surface area contributed by atoms with Crippen molar-refractivity contribution in [1.82, 2.24) is 14.5 Å². The van der Waals surface area contributed by atoms with Gasteiger partial charge in [0.25, 0.3) is 5.91 Å². The molecule has 1 aliphatic rings. The Kier molecular flexibility index (Phi) is 5.47. The number of pyridine rings is 2. The highest BCUT2D eigenvalue weighted by molar-refractivity contribution is 6.08. The summed E-state index contributed by atoms with van der Waals surface area (Å²) in [5.41, 5.74) is 3.73. The summed E-state index contributed by atoms with van der Waals surface area (Å²) in [6, 6.07) is 10.4. The number of hydrogen-bond acceptors (Lipinski definition) is 5. The number of benzene rings is 1. The first-order chi connectivity index (χ1) is 16.7. The highest BCUT2D eigenvalue weighted by atomic mass is 19.1. The van der Waals surface area contributed by atoms with Gasteiger partial charge in [0.2, 0.25) is 5.91 Å². The lowest BCUT2D eigenvalue weighted by molar-refractivity contribution is -0.117. The van der Waals surface area contributed by atoms with Gasteiger partial charge in [0.1, 0.15) is 17.3 Å². The van der Waals surface area contributed by atoms with Gasteiger partial charge >= 0.3 is 0 Å². The third-order valence-electron chi connectivity index (χ3n) is 6.29. The first-order valence-electron chi connectivity index (χ1n) is 11.3. The molecular weight excluding hydrogens is 447 g/mol. The average Bonchev–Trinajstić information content (AvgIpc) is 3.18. The fourth-order valence-electron chi connectivity index (χ4n) is 4.51. The van der Waals surface area contributed by atoms with Crippen LogP contribution >= 0.6 is 0 Å². The Morgan fingerprint density at radius 2 is 2.03 bits per heavy atom. The molecular formula is C26H25FN6O2. The smallest absolute Gasteiger partial charge is 0.259 e. The maximum absolute atomic E-state index is 14.0. The van der Waals surface area contributed by atoms with Crippen molar-refractivity contribution in [1.29, 1.82) is 0 Å². The molecule has 1 aliphatic heterocycles. The molecule has 1 aromatic carbocycles. The molecule has 2 amide bonds. The number of rotatable bonds is 5. The quantitative estimate of drug-likeness (QED) is 0.394. The fraction of sp³-hybridized carbons (Fsp3) is 0.231. The van der Waals surface area contributed by atoms with Crippen LogP contribution in [0.4, 0.5) is 21.6 Å². The molecule has 0 spiro atoms. The van der Waals surface area contributed by atoms with Gasteiger partial charge < -0.3 is 20.5 Å². The Bertz CT molecular complexity index is 1480. The van der Waals surface area contributed by atoms with Crippen molar-refractivity contribution < 1.29 is 14.0 Å². The minimum absolute atomic E-state index is 0.0737. The van der Waals surface area contributed by atoms with Crippen LogP contribution in [0, 0.1) is 5.82 Å². The molecule has 0 unspecified atom stereocenters. The number of anilines is 3. The van der Waals surface area contributed by atoms with E-state index in [4.69, 9.17) is 0 Å². The van der Waals surface area contributed by atoms with Crippen LogP contribution in [-0.2, 0) is 23.8 Å². The first-order valence-corrected chi connectivity index (χ1v) is 11.3. The Morgan fingerprint density at radius 1 is 1.20 bits per heavy atom. The van der Waals surface area contributed by atoms with Crippen molar-refractivity contribution in [2.75, 3.05) is 16.0 Å². The molecule has 178 valence electrons. The van der Waals surface area contributed by atoms with Gasteiger partial charge in [0.15, 0.2) is 0 Å². The lowest BCUT2D eigenvalue weighted by Gasteiger charge is -2.32. The van der Waals surface area contributed by atoms with Gasteiger partial charge in [0.05, 0.1) is 11.8 Å². The van der Waals surface area contributed by atoms with E-state index in [1.165, 1.54) is 0 Å². The van der Waals surface area contributed by atoms with E-state index in [-0.39, 0.29) is 22.7 Å². The van der Waals surface area contributed by atoms with Gasteiger partial charge in [-0.1, -0.05) is 19.9 Å². The van der Waals surface area contributed by atoms with E-state index in [0.29, 0.717) is 24.3 Å². The molecule has 35 heavy (non-hydrogen) atoms. The molecule has 4 aromatic rings. The minimum Gasteiger partial charge on any atom is -0.365 e. The SMILES string of the molecule is Cn1ccc2c(CNc3ncc(F)cc3C(=O)Nc3ccc4c(c3)NC(=O)CC4(C)C)ccnc21. The van der Waals surface area contributed by atoms with Crippen molar-refractivity contribution in [3.05, 3.63) is 77.5 Å². The second-order valence-corrected chi connectivity index (χ2v) is 9.36. The Hall–Kier alpha value is -4.27. The molecule has 0 saturated carbocycles. The molecule has 3 N–H and O–H groups in total. The monoisotopic (exact) mass is 472 g/mol. The molecule has 8 nitrogen and oxygen atoms in total. The maximum atomic E-state index is 14.0. The zero-order valence-electron chi connectivity index (χ0n) is 19.6. The van der Waals surface area contributed by atoms with Gasteiger partial charge in [-0.05, 0) is 41.5 Å². The number of hydrogen-bond donors (Lipinski definition) is 3. The molecule has 0 radical (unpaired) electrons. The van der Waals surface area contributed by atoms with E-state index in [1.807, 2.05) is 49.9 Å². The molecule has 0 bridgehead atoms. The number of halogens is 1. The lowest BCUT2D eigenvalue weighted by atomic mass is 9.78. The van der Waals surface area contributed by atoms with Crippen molar-refractivity contribution in [3.8, 4) is 0 Å². The van der Waals surface area contributed by atoms with Crippen LogP contribution in [0.5, 0.6) is 0 Å². The summed E-state index contributed by atoms with van der Waals surface area (Å²) in [5.74, 6) is -0.942. The normalized spacial score (nSPS) is 14.3. The lowest BCUT2D eigenvalue weighted by Crippen LogP contribution is -2.32. The maximum Gasteiger partial charge on any atom is 0.259 e. The second-order valence-electron chi connectivity index (χ2n) is 9.36. The van der Waals surface area contributed by atoms with Crippen LogP contribution in [0.1, 0.15) is 41.8 Å². The number of carbonyl (C=O) groups excluding carboxylic acids is 2. The van der Waals surface area contributed by atoms with Crippen molar-refractivity contribution in [2.24, 2.45) is 7.05 Å². The third-order valence-corrected chi connectivity index (χ3v) is 6.29. The van der Waals surface area contributed by atoms with Crippen molar-refractivity contribution in [2.45, 2.75) is 32.2 Å². The van der Waals surface area contributed by atoms with E-state index >= 15 is 0 Å². The Labute approximate surface area is 201 Å². The van der Waals surface area contributed by atoms with Crippen molar-refractivity contribution in [3.63, 3.8) is 0 Å². The van der Waals surface area contributed by atoms with Crippen LogP contribution in [-0.4, -0.2) is 26.3 Å². The summed E-state index contributed by atoms with van der Waals surface area (Å²) >= 11 is 0. The average molecular weight is 473 g/mol. The van der Waals surface area contributed by atoms with Gasteiger partial charge in [-0.3, -0.25) is 9.59 Å². The zero-order valence-corrected chi connectivity index (χ0v) is 19.6. The van der Waals surface area contributed by atoms with Gasteiger partial charge in [-0.25, -0.2) is 14.4 Å². The Morgan fingerprint density at radius 3 is 2.86 bits per heavy atom. The number of amides is 2. The Balaban J connectivity index is 1.38. The number of carbonyl (C=O) groups is 2. The van der Waals surface area contributed by atoms with E-state index in [9.17, 15) is 14.0 Å². The van der Waals surface area contributed by atoms with E-state index < -0.39 is 11.7 Å². The van der Waals surface area contributed by atoms with Gasteiger partial charge in [-0.2, -0.15) is 0 Å². The molecule has 0 fully saturated rings. The van der Waals surface area contributed by atoms with Gasteiger partial charge in [-0.15, -0.1) is 0 Å². The number of nitrogens with zero attached hydrogens (tertiary/aromatic N) is 3. The molecule has 4 heterocycles. The predicted molar refractivity (Wildman–Crippen MR) is 133 cm³/mol. The fourth-order valence-corrected chi connectivity index (χ4v) is 4.51. The van der Waals surface area contributed by atoms with E-state index in [1.54, 1.807) is 18.3 Å². The minimum atomic E-state index is -0.616. The summed E-state index contributed by atoms with van der Waals surface area (Å²) in [6.45, 7) is 4.39. The second kappa shape index (κ2) is 8.50. The highest BCUT2D eigenvalue weighted by Crippen LogP contribution is 2.38. The van der Waals surface area contributed by atoms with Crippen LogP contribution in [0.25, 0.3) is 11.0 Å². The summed E-state index contributed by atoms with van der Waals surface area (Å²) < 4.78 is 16.0. The summed E-state index contributed by atoms with van der Waals surface area (Å²) in [7, 11) is 1.92. The topological polar surface area (TPSA) is 101 Å². The number of aryl methyl sites for hydroxylation is 1. The zero-order chi connectivity index (χ0) is 24.7. The van der Waals surface area contributed by atoms with Crippen molar-refractivity contribution >= 4 is 40.0 Å². The third kappa shape index (κ3) is 4.32. The summed E-state index contributed by atoms with van der Waals surface area (Å²) in [6.07, 6.45) is 5.11. The van der Waals surface area contributed by atoms with Gasteiger partial charge in [0, 0.05) is 54.6 Å². The van der Waals surface area contributed by atoms with Crippen LogP contribution in [0.3, 0.4) is 0 Å². The molecule has 9 heteroatoms. The number of fused-ring (bicyclic) bond motifs is 2. The first kappa shape index (κ1) is 22.5. The molecule has 5 rings (SSSR count). The molecule has 0 saturated heterocycles. The van der Waals surface area contributed by atoms with Crippen LogP contribution < -0.4 is 16.0 Å². The van der Waals surface area contributed by atoms with E-state index in [2.05, 4.69) is 25.9 Å². The standard InChI is InChI=1S/C26H25FN6O2/c1-26(2)12-22(34)32-21-11-17(4-5-20(21)26)31-25(35)19-10-16(27)14-30-23(19)29-13-15-6-8-28-24-18(15)7-9-33(24)3/h4-11,14H,12-13H2,1-3H3,(H,29,30)(H,31,35)(H,32,34). The number of nitrogens with one attached hydrogen (secondary N) is 3. The molecule has 3 aromatic heterocycles. The molecule has 0 aliphatic carbocycles. The summed E-state index contributed by atoms with van der Waals surface area (Å²) in [4.78, 5) is 33.7. The van der Waals surface area contributed by atoms with E-state index in [0.717, 1.165) is 34.4 Å². The van der Waals surface area contributed by atoms with Crippen LogP contribution in [0.15, 0.2) is 55.0 Å². The van der Waals surface area contributed by atoms with Crippen LogP contribution in [0.2, 0.25) is 0 Å². The predicted octanol–water partition coefficient (Wildman–Crippen LogP) is 4.59. The largest absolute Gasteiger partial charge is 0.365 e. The molecule has 0 atom stereocenters. The highest BCUT2D eigenvalue weighted by Gasteiger charge is 2.32. The summed E-state index contributed by atoms with van der Waals surface area (Å²) in [5, 5.41) is 9.80. The number of aromatic nitrogens is 3.